The summed E-state index contributed by atoms with van der Waals surface area (Å²) in [6, 6.07) is 27.8. The zero-order chi connectivity index (χ0) is 30.4. The molecule has 4 aromatic carbocycles. The molecule has 218 valence electrons. The van der Waals surface area contributed by atoms with Crippen LogP contribution in [0.15, 0.2) is 119 Å². The number of hydrogen-bond acceptors (Lipinski definition) is 6. The second-order valence-electron chi connectivity index (χ2n) is 9.26. The predicted molar refractivity (Wildman–Crippen MR) is 159 cm³/mol. The van der Waals surface area contributed by atoms with Gasteiger partial charge in [0.25, 0.3) is 15.9 Å². The number of anilines is 1. The first-order valence-electron chi connectivity index (χ1n) is 12.9. The normalized spacial score (nSPS) is 11.5. The molecule has 0 aliphatic rings. The van der Waals surface area contributed by atoms with Gasteiger partial charge in [0.1, 0.15) is 11.4 Å². The van der Waals surface area contributed by atoms with Crippen molar-refractivity contribution in [1.82, 2.24) is 15.2 Å². The Balaban J connectivity index is 1.37. The van der Waals surface area contributed by atoms with Crippen LogP contribution in [0.3, 0.4) is 0 Å². The Kier molecular flexibility index (Phi) is 8.58. The van der Waals surface area contributed by atoms with E-state index < -0.39 is 22.5 Å². The number of rotatable bonds is 10. The number of benzene rings is 4. The molecule has 1 aromatic heterocycles. The number of aromatic nitrogens is 2. The molecular formula is C31H25F2N5O4S. The lowest BCUT2D eigenvalue weighted by Gasteiger charge is -2.11. The molecule has 0 fully saturated rings. The zero-order valence-corrected chi connectivity index (χ0v) is 23.5. The van der Waals surface area contributed by atoms with Gasteiger partial charge in [0.05, 0.1) is 22.5 Å². The molecule has 43 heavy (non-hydrogen) atoms. The molecule has 12 heteroatoms. The predicted octanol–water partition coefficient (Wildman–Crippen LogP) is 6.01. The molecule has 5 rings (SSSR count). The monoisotopic (exact) mass is 601 g/mol. The minimum absolute atomic E-state index is 0.00192. The number of amides is 1. The third-order valence-corrected chi connectivity index (χ3v) is 7.65. The third-order valence-electron chi connectivity index (χ3n) is 6.28. The summed E-state index contributed by atoms with van der Waals surface area (Å²) in [4.78, 5) is 12.8. The first-order chi connectivity index (χ1) is 20.7. The average Bonchev–Trinajstić information content (AvgIpc) is 3.43. The number of ether oxygens (including phenoxy) is 1. The van der Waals surface area contributed by atoms with Gasteiger partial charge in [0.15, 0.2) is 0 Å². The van der Waals surface area contributed by atoms with E-state index in [9.17, 15) is 22.0 Å². The van der Waals surface area contributed by atoms with E-state index in [0.29, 0.717) is 22.5 Å². The maximum atomic E-state index is 13.0. The lowest BCUT2D eigenvalue weighted by molar-refractivity contribution is -0.0498. The highest BCUT2D eigenvalue weighted by atomic mass is 32.2. The lowest BCUT2D eigenvalue weighted by Crippen LogP contribution is -2.19. The first kappa shape index (κ1) is 29.1. The van der Waals surface area contributed by atoms with Gasteiger partial charge in [-0.15, -0.1) is 0 Å². The smallest absolute Gasteiger partial charge is 0.387 e. The number of hydrogen-bond donors (Lipinski definition) is 2. The van der Waals surface area contributed by atoms with E-state index in [1.807, 2.05) is 30.3 Å². The van der Waals surface area contributed by atoms with Crippen LogP contribution in [0.25, 0.3) is 16.9 Å². The molecule has 5 aromatic rings. The summed E-state index contributed by atoms with van der Waals surface area (Å²) in [5.41, 5.74) is 6.05. The van der Waals surface area contributed by atoms with Crippen LogP contribution in [0.2, 0.25) is 0 Å². The number of nitrogens with zero attached hydrogens (tertiary/aromatic N) is 3. The first-order valence-corrected chi connectivity index (χ1v) is 14.4. The van der Waals surface area contributed by atoms with Crippen LogP contribution >= 0.6 is 0 Å². The Labute approximate surface area is 246 Å². The van der Waals surface area contributed by atoms with Gasteiger partial charge in [-0.05, 0) is 73.2 Å². The molecule has 0 saturated heterocycles. The van der Waals surface area contributed by atoms with Crippen molar-refractivity contribution in [3.8, 4) is 22.7 Å². The number of sulfonamides is 1. The summed E-state index contributed by atoms with van der Waals surface area (Å²) in [5.74, 6) is -0.628. The molecule has 1 amide bonds. The molecule has 9 nitrogen and oxygen atoms in total. The van der Waals surface area contributed by atoms with E-state index in [2.05, 4.69) is 25.1 Å². The van der Waals surface area contributed by atoms with Gasteiger partial charge in [0.2, 0.25) is 0 Å². The molecule has 0 unspecified atom stereocenters. The number of nitrogens with one attached hydrogen (secondary N) is 2. The minimum Gasteiger partial charge on any atom is -0.435 e. The SMILES string of the molecule is Cc1ccccc1NS(=O)(=O)c1cccc(C(=O)N/N=C/c2cn(-c3ccccc3)nc2-c2ccc(OC(F)F)cc2)c1. The molecule has 2 N–H and O–H groups in total. The number of alkyl halides is 2. The van der Waals surface area contributed by atoms with E-state index in [-0.39, 0.29) is 16.2 Å². The van der Waals surface area contributed by atoms with Crippen LogP contribution < -0.4 is 14.9 Å². The number of carbonyl (C=O) groups is 1. The van der Waals surface area contributed by atoms with E-state index in [4.69, 9.17) is 0 Å². The summed E-state index contributed by atoms with van der Waals surface area (Å²) in [6.45, 7) is -1.16. The highest BCUT2D eigenvalue weighted by Crippen LogP contribution is 2.26. The fourth-order valence-corrected chi connectivity index (χ4v) is 5.31. The number of halogens is 2. The fraction of sp³-hybridized carbons (Fsp3) is 0.0645. The molecule has 0 saturated carbocycles. The Morgan fingerprint density at radius 3 is 2.40 bits per heavy atom. The van der Waals surface area contributed by atoms with Crippen molar-refractivity contribution in [1.29, 1.82) is 0 Å². The fourth-order valence-electron chi connectivity index (χ4n) is 4.13. The van der Waals surface area contributed by atoms with E-state index in [0.717, 1.165) is 11.3 Å². The van der Waals surface area contributed by atoms with Gasteiger partial charge in [-0.2, -0.15) is 19.0 Å². The van der Waals surface area contributed by atoms with Crippen LogP contribution in [0, 0.1) is 6.92 Å². The van der Waals surface area contributed by atoms with Crippen molar-refractivity contribution in [2.24, 2.45) is 5.10 Å². The largest absolute Gasteiger partial charge is 0.435 e. The zero-order valence-electron chi connectivity index (χ0n) is 22.7. The van der Waals surface area contributed by atoms with Crippen LogP contribution in [0.5, 0.6) is 5.75 Å². The summed E-state index contributed by atoms with van der Waals surface area (Å²) in [5, 5.41) is 8.70. The Hall–Kier alpha value is -5.36. The highest BCUT2D eigenvalue weighted by molar-refractivity contribution is 7.92. The average molecular weight is 602 g/mol. The van der Waals surface area contributed by atoms with E-state index in [1.165, 1.54) is 42.6 Å². The maximum absolute atomic E-state index is 13.0. The van der Waals surface area contributed by atoms with Crippen molar-refractivity contribution in [3.63, 3.8) is 0 Å². The summed E-state index contributed by atoms with van der Waals surface area (Å²) in [6.07, 6.45) is 3.10. The molecular weight excluding hydrogens is 576 g/mol. The van der Waals surface area contributed by atoms with Crippen molar-refractivity contribution < 1.29 is 26.7 Å². The number of para-hydroxylation sites is 2. The van der Waals surface area contributed by atoms with Crippen LogP contribution in [-0.2, 0) is 10.0 Å². The van der Waals surface area contributed by atoms with Gasteiger partial charge in [-0.1, -0.05) is 42.5 Å². The molecule has 1 heterocycles. The van der Waals surface area contributed by atoms with Gasteiger partial charge in [0, 0.05) is 22.9 Å². The van der Waals surface area contributed by atoms with Gasteiger partial charge >= 0.3 is 6.61 Å². The standard InChI is InChI=1S/C31H25F2N5O4S/c1-21-8-5-6-13-28(21)37-43(40,41)27-12-7-9-23(18-27)30(39)35-34-19-24-20-38(25-10-3-2-4-11-25)36-29(24)22-14-16-26(17-15-22)42-31(32)33/h2-20,31,37H,1H3,(H,35,39)/b34-19+. The maximum Gasteiger partial charge on any atom is 0.387 e. The van der Waals surface area contributed by atoms with Crippen LogP contribution in [-0.4, -0.2) is 36.9 Å². The molecule has 0 radical (unpaired) electrons. The topological polar surface area (TPSA) is 115 Å². The van der Waals surface area contributed by atoms with Gasteiger partial charge in [-0.3, -0.25) is 9.52 Å². The lowest BCUT2D eigenvalue weighted by atomic mass is 10.1. The highest BCUT2D eigenvalue weighted by Gasteiger charge is 2.18. The summed E-state index contributed by atoms with van der Waals surface area (Å²) < 4.78 is 59.7. The quantitative estimate of drug-likeness (QED) is 0.150. The minimum atomic E-state index is -3.96. The third kappa shape index (κ3) is 7.11. The summed E-state index contributed by atoms with van der Waals surface area (Å²) >= 11 is 0. The number of carbonyl (C=O) groups excluding carboxylic acids is 1. The van der Waals surface area contributed by atoms with Crippen LogP contribution in [0.4, 0.5) is 14.5 Å². The molecule has 0 aliphatic heterocycles. The Morgan fingerprint density at radius 1 is 0.953 bits per heavy atom. The second kappa shape index (κ2) is 12.7. The number of hydrazone groups is 1. The van der Waals surface area contributed by atoms with Crippen molar-refractivity contribution in [2.45, 2.75) is 18.4 Å². The van der Waals surface area contributed by atoms with Gasteiger partial charge in [-0.25, -0.2) is 18.5 Å². The number of aryl methyl sites for hydroxylation is 1. The molecule has 0 aliphatic carbocycles. The molecule has 0 atom stereocenters. The van der Waals surface area contributed by atoms with Crippen molar-refractivity contribution in [3.05, 3.63) is 126 Å². The van der Waals surface area contributed by atoms with Gasteiger partial charge < -0.3 is 4.74 Å². The van der Waals surface area contributed by atoms with Crippen molar-refractivity contribution >= 4 is 27.8 Å². The van der Waals surface area contributed by atoms with E-state index >= 15 is 0 Å². The Morgan fingerprint density at radius 2 is 1.67 bits per heavy atom. The van der Waals surface area contributed by atoms with Crippen molar-refractivity contribution in [2.75, 3.05) is 4.72 Å². The molecule has 0 spiro atoms. The Bertz CT molecular complexity index is 1880. The van der Waals surface area contributed by atoms with Crippen LogP contribution in [0.1, 0.15) is 21.5 Å². The van der Waals surface area contributed by atoms with E-state index in [1.54, 1.807) is 54.2 Å². The summed E-state index contributed by atoms with van der Waals surface area (Å²) in [7, 11) is -3.96. The second-order valence-corrected chi connectivity index (χ2v) is 10.9. The molecule has 0 bridgehead atoms.